The van der Waals surface area contributed by atoms with Gasteiger partial charge in [-0.25, -0.2) is 9.78 Å². The highest BCUT2D eigenvalue weighted by atomic mass is 32.2. The van der Waals surface area contributed by atoms with Crippen LogP contribution in [0, 0.1) is 0 Å². The average Bonchev–Trinajstić information content (AvgIpc) is 2.68. The first-order valence-corrected chi connectivity index (χ1v) is 9.95. The second-order valence-corrected chi connectivity index (χ2v) is 7.97. The molecule has 0 bridgehead atoms. The van der Waals surface area contributed by atoms with Crippen molar-refractivity contribution in [2.75, 3.05) is 12.3 Å². The summed E-state index contributed by atoms with van der Waals surface area (Å²) in [7, 11) is 0. The van der Waals surface area contributed by atoms with Gasteiger partial charge in [0.1, 0.15) is 35.2 Å². The molecule has 2 unspecified atom stereocenters. The fourth-order valence-electron chi connectivity index (χ4n) is 2.93. The van der Waals surface area contributed by atoms with E-state index in [1.165, 1.54) is 22.7 Å². The maximum Gasteiger partial charge on any atom is 0.352 e. The van der Waals surface area contributed by atoms with Crippen LogP contribution in [0.4, 0.5) is 5.82 Å². The number of nitrogens with two attached hydrogens (primary N) is 1. The molecule has 2 amide bonds. The molecule has 2 aliphatic rings. The third kappa shape index (κ3) is 4.19. The Morgan fingerprint density at radius 3 is 2.86 bits per heavy atom. The van der Waals surface area contributed by atoms with E-state index in [4.69, 9.17) is 10.6 Å². The second kappa shape index (κ2) is 8.52. The molecule has 11 heteroatoms. The maximum atomic E-state index is 12.9. The zero-order valence-corrected chi connectivity index (χ0v) is 16.7. The lowest BCUT2D eigenvalue weighted by molar-refractivity contribution is -0.150. The molecule has 3 heterocycles. The minimum atomic E-state index is -1.18. The SMILES string of the molecule is CCCON=C(C(=O)NC1C(=O)N2C(C(=O)O)=CC(C)S[C@@H]12)c1cccc(N)n1. The number of fused-ring (bicyclic) bond motifs is 1. The van der Waals surface area contributed by atoms with E-state index in [1.807, 2.05) is 13.8 Å². The standard InChI is InChI=1S/C18H21N5O5S/c1-3-7-28-22-13(10-5-4-6-12(19)20-10)15(24)21-14-16(25)23-11(18(26)27)8-9(2)29-17(14)23/h4-6,8-9,14,17H,3,7H2,1-2H3,(H2,19,20)(H,21,24)(H,26,27)/t9?,14?,17-/m0/s1. The number of nitrogens with zero attached hydrogens (tertiary/aromatic N) is 3. The molecule has 154 valence electrons. The summed E-state index contributed by atoms with van der Waals surface area (Å²) in [6.45, 7) is 4.03. The zero-order chi connectivity index (χ0) is 21.1. The van der Waals surface area contributed by atoms with Gasteiger partial charge in [-0.3, -0.25) is 14.5 Å². The van der Waals surface area contributed by atoms with Crippen molar-refractivity contribution >= 4 is 41.1 Å². The normalized spacial score (nSPS) is 23.6. The number of pyridine rings is 1. The monoisotopic (exact) mass is 419 g/mol. The zero-order valence-electron chi connectivity index (χ0n) is 15.9. The van der Waals surface area contributed by atoms with Gasteiger partial charge in [0.2, 0.25) is 0 Å². The molecule has 0 aromatic carbocycles. The highest BCUT2D eigenvalue weighted by Gasteiger charge is 2.54. The number of thioether (sulfide) groups is 1. The quantitative estimate of drug-likeness (QED) is 0.251. The molecule has 10 nitrogen and oxygen atoms in total. The molecular weight excluding hydrogens is 398 g/mol. The Labute approximate surface area is 171 Å². The first-order chi connectivity index (χ1) is 13.8. The van der Waals surface area contributed by atoms with Crippen LogP contribution in [0.2, 0.25) is 0 Å². The molecular formula is C18H21N5O5S. The van der Waals surface area contributed by atoms with Gasteiger partial charge in [-0.2, -0.15) is 0 Å². The molecule has 1 saturated heterocycles. The largest absolute Gasteiger partial charge is 0.477 e. The van der Waals surface area contributed by atoms with Crippen LogP contribution < -0.4 is 11.1 Å². The van der Waals surface area contributed by atoms with Crippen LogP contribution in [-0.4, -0.2) is 61.8 Å². The summed E-state index contributed by atoms with van der Waals surface area (Å²) < 4.78 is 0. The van der Waals surface area contributed by atoms with E-state index >= 15 is 0 Å². The smallest absolute Gasteiger partial charge is 0.352 e. The number of aromatic nitrogens is 1. The lowest BCUT2D eigenvalue weighted by atomic mass is 10.0. The Kier molecular flexibility index (Phi) is 6.06. The van der Waals surface area contributed by atoms with Gasteiger partial charge >= 0.3 is 5.97 Å². The number of oxime groups is 1. The summed E-state index contributed by atoms with van der Waals surface area (Å²) in [4.78, 5) is 47.2. The molecule has 0 aliphatic carbocycles. The van der Waals surface area contributed by atoms with Gasteiger partial charge in [-0.05, 0) is 31.6 Å². The van der Waals surface area contributed by atoms with Crippen molar-refractivity contribution in [1.29, 1.82) is 0 Å². The molecule has 0 saturated carbocycles. The molecule has 0 spiro atoms. The predicted molar refractivity (Wildman–Crippen MR) is 107 cm³/mol. The number of carbonyl (C=O) groups excluding carboxylic acids is 2. The van der Waals surface area contributed by atoms with E-state index in [0.717, 1.165) is 0 Å². The fraction of sp³-hybridized carbons (Fsp3) is 0.389. The average molecular weight is 419 g/mol. The van der Waals surface area contributed by atoms with Gasteiger partial charge in [0.05, 0.1) is 0 Å². The topological polar surface area (TPSA) is 147 Å². The van der Waals surface area contributed by atoms with E-state index < -0.39 is 29.2 Å². The minimum Gasteiger partial charge on any atom is -0.477 e. The first-order valence-electron chi connectivity index (χ1n) is 9.00. The molecule has 0 radical (unpaired) electrons. The minimum absolute atomic E-state index is 0.0746. The van der Waals surface area contributed by atoms with E-state index in [2.05, 4.69) is 15.5 Å². The summed E-state index contributed by atoms with van der Waals surface area (Å²) in [5.74, 6) is -2.13. The molecule has 4 N–H and O–H groups in total. The highest BCUT2D eigenvalue weighted by Crippen LogP contribution is 2.40. The molecule has 3 rings (SSSR count). The number of amides is 2. The van der Waals surface area contributed by atoms with Crippen LogP contribution >= 0.6 is 11.8 Å². The van der Waals surface area contributed by atoms with Crippen LogP contribution in [-0.2, 0) is 19.2 Å². The Morgan fingerprint density at radius 1 is 1.45 bits per heavy atom. The number of nitrogen functional groups attached to an aromatic ring is 1. The van der Waals surface area contributed by atoms with Crippen molar-refractivity contribution in [2.45, 2.75) is 36.9 Å². The van der Waals surface area contributed by atoms with Gasteiger partial charge in [0.25, 0.3) is 11.8 Å². The van der Waals surface area contributed by atoms with Crippen LogP contribution in [0.25, 0.3) is 0 Å². The molecule has 1 aromatic heterocycles. The third-order valence-electron chi connectivity index (χ3n) is 4.23. The van der Waals surface area contributed by atoms with Gasteiger partial charge in [0, 0.05) is 5.25 Å². The number of β-lactam (4-membered cyclic amide) rings is 1. The first kappa shape index (κ1) is 20.6. The number of hydrogen-bond donors (Lipinski definition) is 3. The lowest BCUT2D eigenvalue weighted by Crippen LogP contribution is -2.71. The second-order valence-electron chi connectivity index (χ2n) is 6.47. The van der Waals surface area contributed by atoms with Gasteiger partial charge in [-0.1, -0.05) is 18.1 Å². The summed E-state index contributed by atoms with van der Waals surface area (Å²) in [5.41, 5.74) is 5.71. The van der Waals surface area contributed by atoms with E-state index in [-0.39, 0.29) is 28.2 Å². The van der Waals surface area contributed by atoms with Crippen molar-refractivity contribution in [3.8, 4) is 0 Å². The number of carboxylic acid groups (broad SMARTS) is 1. The third-order valence-corrected chi connectivity index (χ3v) is 5.56. The Bertz CT molecular complexity index is 902. The maximum absolute atomic E-state index is 12.9. The molecule has 3 atom stereocenters. The number of carbonyl (C=O) groups is 3. The molecule has 29 heavy (non-hydrogen) atoms. The number of aliphatic carboxylic acids is 1. The van der Waals surface area contributed by atoms with Crippen molar-refractivity contribution in [1.82, 2.24) is 15.2 Å². The van der Waals surface area contributed by atoms with Crippen molar-refractivity contribution in [3.63, 3.8) is 0 Å². The van der Waals surface area contributed by atoms with Crippen molar-refractivity contribution in [3.05, 3.63) is 35.7 Å². The predicted octanol–water partition coefficient (Wildman–Crippen LogP) is 0.551. The van der Waals surface area contributed by atoms with E-state index in [0.29, 0.717) is 13.0 Å². The number of nitrogens with one attached hydrogen (secondary N) is 1. The summed E-state index contributed by atoms with van der Waals surface area (Å²) >= 11 is 1.39. The Balaban J connectivity index is 1.80. The number of rotatable bonds is 7. The summed E-state index contributed by atoms with van der Waals surface area (Å²) in [5, 5.41) is 15.2. The van der Waals surface area contributed by atoms with Gasteiger partial charge < -0.3 is 21.0 Å². The number of anilines is 1. The van der Waals surface area contributed by atoms with Crippen LogP contribution in [0.5, 0.6) is 0 Å². The fourth-order valence-corrected chi connectivity index (χ4v) is 4.26. The van der Waals surface area contributed by atoms with Crippen LogP contribution in [0.3, 0.4) is 0 Å². The number of hydrogen-bond acceptors (Lipinski definition) is 8. The van der Waals surface area contributed by atoms with Gasteiger partial charge in [0.15, 0.2) is 5.71 Å². The Hall–Kier alpha value is -3.08. The molecule has 2 aliphatic heterocycles. The van der Waals surface area contributed by atoms with Gasteiger partial charge in [-0.15, -0.1) is 11.8 Å². The van der Waals surface area contributed by atoms with Crippen LogP contribution in [0.15, 0.2) is 35.1 Å². The van der Waals surface area contributed by atoms with Crippen LogP contribution in [0.1, 0.15) is 26.0 Å². The van der Waals surface area contributed by atoms with E-state index in [9.17, 15) is 19.5 Å². The van der Waals surface area contributed by atoms with E-state index in [1.54, 1.807) is 18.2 Å². The summed E-state index contributed by atoms with van der Waals surface area (Å²) in [6.07, 6.45) is 2.21. The lowest BCUT2D eigenvalue weighted by Gasteiger charge is -2.49. The summed E-state index contributed by atoms with van der Waals surface area (Å²) in [6, 6.07) is 3.87. The molecule has 1 fully saturated rings. The van der Waals surface area contributed by atoms with Crippen molar-refractivity contribution < 1.29 is 24.3 Å². The highest BCUT2D eigenvalue weighted by molar-refractivity contribution is 8.00. The van der Waals surface area contributed by atoms with Crippen molar-refractivity contribution in [2.24, 2.45) is 5.16 Å². The molecule has 1 aromatic rings. The number of carboxylic acids is 1. The Morgan fingerprint density at radius 2 is 2.21 bits per heavy atom.